The van der Waals surface area contributed by atoms with Crippen LogP contribution in [0.2, 0.25) is 0 Å². The van der Waals surface area contributed by atoms with Crippen LogP contribution in [-0.4, -0.2) is 33.1 Å². The standard InChI is InChI=1S/C20H34O3/c1-6-18(4)12-20(23)11-8-13-17(2,3)9-7-10-19(13,5)15(20)14(21)16(18)22/h6,13-16,21-23H,1,7-12H2,2-5H3/t13-,14+,15+,16-,18-,19+,20-/m1/s1. The Morgan fingerprint density at radius 3 is 2.30 bits per heavy atom. The topological polar surface area (TPSA) is 60.7 Å². The number of aliphatic hydroxyl groups excluding tert-OH is 2. The van der Waals surface area contributed by atoms with Crippen molar-refractivity contribution < 1.29 is 15.3 Å². The van der Waals surface area contributed by atoms with E-state index in [1.807, 2.05) is 6.92 Å². The fourth-order valence-electron chi connectivity index (χ4n) is 6.86. The SMILES string of the molecule is C=C[C@]1(C)C[C@]2(O)CC[C@@H]3C(C)(C)CCC[C@]3(C)[C@@H]2[C@H](O)[C@H]1O. The predicted octanol–water partition coefficient (Wildman–Crippen LogP) is 3.28. The molecular weight excluding hydrogens is 288 g/mol. The summed E-state index contributed by atoms with van der Waals surface area (Å²) >= 11 is 0. The molecule has 132 valence electrons. The molecule has 0 aliphatic heterocycles. The van der Waals surface area contributed by atoms with Crippen LogP contribution >= 0.6 is 0 Å². The van der Waals surface area contributed by atoms with Crippen molar-refractivity contribution in [3.05, 3.63) is 12.7 Å². The lowest BCUT2D eigenvalue weighted by Crippen LogP contribution is -2.69. The van der Waals surface area contributed by atoms with Crippen LogP contribution in [0.15, 0.2) is 12.7 Å². The summed E-state index contributed by atoms with van der Waals surface area (Å²) < 4.78 is 0. The van der Waals surface area contributed by atoms with E-state index in [1.165, 1.54) is 6.42 Å². The Balaban J connectivity index is 2.05. The first-order valence-electron chi connectivity index (χ1n) is 9.22. The second-order valence-electron chi connectivity index (χ2n) is 9.84. The molecule has 7 atom stereocenters. The van der Waals surface area contributed by atoms with Gasteiger partial charge in [0.1, 0.15) is 0 Å². The number of rotatable bonds is 1. The van der Waals surface area contributed by atoms with Crippen LogP contribution in [0, 0.1) is 28.1 Å². The number of hydrogen-bond donors (Lipinski definition) is 3. The van der Waals surface area contributed by atoms with E-state index in [0.29, 0.717) is 18.8 Å². The largest absolute Gasteiger partial charge is 0.390 e. The Labute approximate surface area is 140 Å². The van der Waals surface area contributed by atoms with E-state index in [2.05, 4.69) is 27.4 Å². The van der Waals surface area contributed by atoms with Crippen LogP contribution in [-0.2, 0) is 0 Å². The third kappa shape index (κ3) is 2.26. The minimum atomic E-state index is -0.903. The quantitative estimate of drug-likeness (QED) is 0.649. The second kappa shape index (κ2) is 5.06. The number of aliphatic hydroxyl groups is 3. The summed E-state index contributed by atoms with van der Waals surface area (Å²) in [6, 6.07) is 0. The highest BCUT2D eigenvalue weighted by atomic mass is 16.3. The molecule has 0 unspecified atom stereocenters. The molecule has 3 aliphatic carbocycles. The maximum absolute atomic E-state index is 11.5. The van der Waals surface area contributed by atoms with Crippen molar-refractivity contribution >= 4 is 0 Å². The Morgan fingerprint density at radius 2 is 1.70 bits per heavy atom. The summed E-state index contributed by atoms with van der Waals surface area (Å²) in [5, 5.41) is 33.3. The van der Waals surface area contributed by atoms with Gasteiger partial charge in [-0.3, -0.25) is 0 Å². The van der Waals surface area contributed by atoms with Gasteiger partial charge in [0.25, 0.3) is 0 Å². The van der Waals surface area contributed by atoms with Crippen molar-refractivity contribution in [1.82, 2.24) is 0 Å². The Bertz CT molecular complexity index is 501. The molecule has 0 heterocycles. The van der Waals surface area contributed by atoms with Crippen LogP contribution in [0.25, 0.3) is 0 Å². The Morgan fingerprint density at radius 1 is 1.04 bits per heavy atom. The molecule has 3 fully saturated rings. The van der Waals surface area contributed by atoms with Crippen molar-refractivity contribution in [2.45, 2.75) is 84.0 Å². The smallest absolute Gasteiger partial charge is 0.0891 e. The molecule has 3 N–H and O–H groups in total. The van der Waals surface area contributed by atoms with Crippen molar-refractivity contribution in [3.8, 4) is 0 Å². The highest BCUT2D eigenvalue weighted by Crippen LogP contribution is 2.66. The van der Waals surface area contributed by atoms with Gasteiger partial charge in [-0.25, -0.2) is 0 Å². The minimum Gasteiger partial charge on any atom is -0.390 e. The minimum absolute atomic E-state index is 0.113. The van der Waals surface area contributed by atoms with E-state index in [1.54, 1.807) is 6.08 Å². The first-order chi connectivity index (χ1) is 10.5. The maximum atomic E-state index is 11.5. The van der Waals surface area contributed by atoms with Gasteiger partial charge in [0, 0.05) is 11.3 Å². The highest BCUT2D eigenvalue weighted by molar-refractivity contribution is 5.19. The average Bonchev–Trinajstić information content (AvgIpc) is 2.43. The zero-order valence-electron chi connectivity index (χ0n) is 15.2. The molecule has 3 heteroatoms. The third-order valence-electron chi connectivity index (χ3n) is 7.93. The molecule has 3 aliphatic rings. The summed E-state index contributed by atoms with van der Waals surface area (Å²) in [6.07, 6.45) is 5.56. The summed E-state index contributed by atoms with van der Waals surface area (Å²) in [4.78, 5) is 0. The lowest BCUT2D eigenvalue weighted by Gasteiger charge is -2.66. The average molecular weight is 322 g/mol. The molecule has 0 saturated heterocycles. The molecular formula is C20H34O3. The first kappa shape index (κ1) is 17.4. The lowest BCUT2D eigenvalue weighted by molar-refractivity contribution is -0.265. The summed E-state index contributed by atoms with van der Waals surface area (Å²) in [7, 11) is 0. The molecule has 0 amide bonds. The molecule has 23 heavy (non-hydrogen) atoms. The highest BCUT2D eigenvalue weighted by Gasteiger charge is 2.66. The fraction of sp³-hybridized carbons (Fsp3) is 0.900. The lowest BCUT2D eigenvalue weighted by atomic mass is 9.41. The fourth-order valence-corrected chi connectivity index (χ4v) is 6.86. The van der Waals surface area contributed by atoms with Crippen molar-refractivity contribution in [2.24, 2.45) is 28.1 Å². The first-order valence-corrected chi connectivity index (χ1v) is 9.22. The summed E-state index contributed by atoms with van der Waals surface area (Å²) in [6.45, 7) is 12.7. The zero-order chi connectivity index (χ0) is 17.3. The molecule has 0 aromatic carbocycles. The van der Waals surface area contributed by atoms with Crippen LogP contribution in [0.5, 0.6) is 0 Å². The molecule has 3 nitrogen and oxygen atoms in total. The van der Waals surface area contributed by atoms with Crippen LogP contribution in [0.4, 0.5) is 0 Å². The van der Waals surface area contributed by atoms with Crippen LogP contribution in [0.1, 0.15) is 66.2 Å². The van der Waals surface area contributed by atoms with Gasteiger partial charge in [0.15, 0.2) is 0 Å². The molecule has 3 saturated carbocycles. The van der Waals surface area contributed by atoms with Crippen LogP contribution < -0.4 is 0 Å². The normalized spacial score (nSPS) is 55.6. The molecule has 0 radical (unpaired) electrons. The van der Waals surface area contributed by atoms with E-state index in [0.717, 1.165) is 19.3 Å². The molecule has 0 aromatic rings. The van der Waals surface area contributed by atoms with Gasteiger partial charge in [-0.1, -0.05) is 40.2 Å². The second-order valence-corrected chi connectivity index (χ2v) is 9.84. The summed E-state index contributed by atoms with van der Waals surface area (Å²) in [5.74, 6) is 0.236. The van der Waals surface area contributed by atoms with Gasteiger partial charge >= 0.3 is 0 Å². The molecule has 0 bridgehead atoms. The van der Waals surface area contributed by atoms with E-state index < -0.39 is 23.2 Å². The number of hydrogen-bond acceptors (Lipinski definition) is 3. The predicted molar refractivity (Wildman–Crippen MR) is 91.8 cm³/mol. The van der Waals surface area contributed by atoms with Gasteiger partial charge in [-0.05, 0) is 48.9 Å². The van der Waals surface area contributed by atoms with Gasteiger partial charge in [0.2, 0.25) is 0 Å². The molecule has 3 rings (SSSR count). The van der Waals surface area contributed by atoms with Crippen molar-refractivity contribution in [3.63, 3.8) is 0 Å². The number of fused-ring (bicyclic) bond motifs is 3. The zero-order valence-corrected chi connectivity index (χ0v) is 15.2. The van der Waals surface area contributed by atoms with Gasteiger partial charge < -0.3 is 15.3 Å². The van der Waals surface area contributed by atoms with Crippen molar-refractivity contribution in [1.29, 1.82) is 0 Å². The Kier molecular flexibility index (Phi) is 3.84. The van der Waals surface area contributed by atoms with E-state index in [9.17, 15) is 15.3 Å². The van der Waals surface area contributed by atoms with Gasteiger partial charge in [-0.15, -0.1) is 6.58 Å². The summed E-state index contributed by atoms with van der Waals surface area (Å²) in [5.41, 5.74) is -1.41. The maximum Gasteiger partial charge on any atom is 0.0891 e. The molecule has 0 aromatic heterocycles. The van der Waals surface area contributed by atoms with Gasteiger partial charge in [-0.2, -0.15) is 0 Å². The molecule has 0 spiro atoms. The van der Waals surface area contributed by atoms with Crippen LogP contribution in [0.3, 0.4) is 0 Å². The van der Waals surface area contributed by atoms with E-state index in [-0.39, 0.29) is 16.7 Å². The Hall–Kier alpha value is -0.380. The van der Waals surface area contributed by atoms with E-state index in [4.69, 9.17) is 0 Å². The van der Waals surface area contributed by atoms with Crippen molar-refractivity contribution in [2.75, 3.05) is 0 Å². The monoisotopic (exact) mass is 322 g/mol. The van der Waals surface area contributed by atoms with E-state index >= 15 is 0 Å². The van der Waals surface area contributed by atoms with Gasteiger partial charge in [0.05, 0.1) is 17.8 Å². The third-order valence-corrected chi connectivity index (χ3v) is 7.93.